The van der Waals surface area contributed by atoms with Gasteiger partial charge < -0.3 is 9.84 Å². The van der Waals surface area contributed by atoms with Gasteiger partial charge in [-0.05, 0) is 19.3 Å². The Balaban J connectivity index is 0.00000289. The van der Waals surface area contributed by atoms with Crippen LogP contribution in [-0.4, -0.2) is 65.1 Å². The molecule has 102 valence electrons. The standard InChI is InChI=1S/C10H18O6S.Na.H/c1-5(2)16-8(11)6-7(10(6,3)4)9(12)17(13,14)15;;/h5-7,9,12H,1-4H3,(H,13,14,15);;. The normalized spacial score (nSPS) is 27.3. The van der Waals surface area contributed by atoms with Crippen LogP contribution in [0.4, 0.5) is 0 Å². The van der Waals surface area contributed by atoms with Gasteiger partial charge in [0.05, 0.1) is 12.0 Å². The Morgan fingerprint density at radius 2 is 1.78 bits per heavy atom. The predicted molar refractivity (Wildman–Crippen MR) is 66.7 cm³/mol. The molecule has 18 heavy (non-hydrogen) atoms. The number of esters is 1. The van der Waals surface area contributed by atoms with Crippen LogP contribution in [-0.2, 0) is 19.6 Å². The van der Waals surface area contributed by atoms with E-state index in [0.29, 0.717) is 0 Å². The van der Waals surface area contributed by atoms with Gasteiger partial charge in [0, 0.05) is 5.92 Å². The van der Waals surface area contributed by atoms with Crippen molar-refractivity contribution in [3.63, 3.8) is 0 Å². The minimum absolute atomic E-state index is 0. The van der Waals surface area contributed by atoms with E-state index in [4.69, 9.17) is 9.29 Å². The number of rotatable bonds is 4. The molecule has 3 atom stereocenters. The average Bonchev–Trinajstić information content (AvgIpc) is 2.64. The van der Waals surface area contributed by atoms with Crippen molar-refractivity contribution in [2.45, 2.75) is 39.2 Å². The van der Waals surface area contributed by atoms with E-state index in [2.05, 4.69) is 0 Å². The van der Waals surface area contributed by atoms with Crippen molar-refractivity contribution in [3.8, 4) is 0 Å². The molecule has 1 fully saturated rings. The molecule has 0 aromatic rings. The monoisotopic (exact) mass is 290 g/mol. The van der Waals surface area contributed by atoms with Gasteiger partial charge in [-0.15, -0.1) is 0 Å². The summed E-state index contributed by atoms with van der Waals surface area (Å²) in [7, 11) is -4.56. The van der Waals surface area contributed by atoms with Crippen molar-refractivity contribution >= 4 is 45.6 Å². The first-order valence-corrected chi connectivity index (χ1v) is 6.84. The van der Waals surface area contributed by atoms with Crippen LogP contribution < -0.4 is 0 Å². The molecule has 0 aliphatic heterocycles. The molecule has 1 saturated carbocycles. The van der Waals surface area contributed by atoms with E-state index >= 15 is 0 Å². The SMILES string of the molecule is CC(C)OC(=O)C1C(C(O)S(=O)(=O)O)C1(C)C.[NaH]. The van der Waals surface area contributed by atoms with Gasteiger partial charge in [-0.1, -0.05) is 13.8 Å². The molecule has 0 amide bonds. The van der Waals surface area contributed by atoms with E-state index < -0.39 is 38.8 Å². The van der Waals surface area contributed by atoms with Gasteiger partial charge in [0.2, 0.25) is 0 Å². The van der Waals surface area contributed by atoms with E-state index in [0.717, 1.165) is 0 Å². The molecule has 6 nitrogen and oxygen atoms in total. The topological polar surface area (TPSA) is 101 Å². The van der Waals surface area contributed by atoms with Gasteiger partial charge in [-0.25, -0.2) is 0 Å². The molecule has 2 N–H and O–H groups in total. The number of aliphatic hydroxyl groups excluding tert-OH is 1. The molecule has 0 heterocycles. The fourth-order valence-electron chi connectivity index (χ4n) is 2.15. The molecule has 0 spiro atoms. The Morgan fingerprint density at radius 1 is 1.33 bits per heavy atom. The molecule has 3 unspecified atom stereocenters. The number of aliphatic hydroxyl groups is 1. The van der Waals surface area contributed by atoms with Crippen molar-refractivity contribution < 1.29 is 27.6 Å². The fourth-order valence-corrected chi connectivity index (χ4v) is 3.03. The van der Waals surface area contributed by atoms with Crippen LogP contribution in [0.25, 0.3) is 0 Å². The quantitative estimate of drug-likeness (QED) is 0.421. The van der Waals surface area contributed by atoms with E-state index in [1.54, 1.807) is 27.7 Å². The number of hydrogen-bond donors (Lipinski definition) is 2. The molecule has 0 aromatic heterocycles. The van der Waals surface area contributed by atoms with Gasteiger partial charge in [0.15, 0.2) is 5.44 Å². The average molecular weight is 290 g/mol. The zero-order chi connectivity index (χ0) is 13.6. The molecule has 1 rings (SSSR count). The van der Waals surface area contributed by atoms with Gasteiger partial charge in [-0.2, -0.15) is 8.42 Å². The third-order valence-corrected chi connectivity index (χ3v) is 4.03. The van der Waals surface area contributed by atoms with E-state index in [-0.39, 0.29) is 35.7 Å². The van der Waals surface area contributed by atoms with Gasteiger partial charge in [0.25, 0.3) is 10.1 Å². The van der Waals surface area contributed by atoms with Crippen LogP contribution in [0.5, 0.6) is 0 Å². The van der Waals surface area contributed by atoms with Crippen LogP contribution >= 0.6 is 0 Å². The third kappa shape index (κ3) is 3.68. The Labute approximate surface area is 129 Å². The molecule has 0 saturated heterocycles. The van der Waals surface area contributed by atoms with Crippen molar-refractivity contribution in [2.24, 2.45) is 17.3 Å². The van der Waals surface area contributed by atoms with Crippen LogP contribution in [0.3, 0.4) is 0 Å². The van der Waals surface area contributed by atoms with E-state index in [1.165, 1.54) is 0 Å². The first-order valence-electron chi connectivity index (χ1n) is 5.34. The molecule has 1 aliphatic rings. The van der Waals surface area contributed by atoms with Gasteiger partial charge in [0.1, 0.15) is 0 Å². The van der Waals surface area contributed by atoms with Crippen LogP contribution in [0.2, 0.25) is 0 Å². The molecule has 1 aliphatic carbocycles. The first-order chi connectivity index (χ1) is 7.49. The molecule has 0 bridgehead atoms. The molecule has 0 aromatic carbocycles. The summed E-state index contributed by atoms with van der Waals surface area (Å²) in [6, 6.07) is 0. The molecular formula is C10H19NaO6S. The summed E-state index contributed by atoms with van der Waals surface area (Å²) in [5.74, 6) is -2.08. The number of ether oxygens (including phenoxy) is 1. The van der Waals surface area contributed by atoms with Crippen LogP contribution in [0, 0.1) is 17.3 Å². The Hall–Kier alpha value is 0.340. The van der Waals surface area contributed by atoms with Gasteiger partial charge in [-0.3, -0.25) is 9.35 Å². The molecular weight excluding hydrogens is 271 g/mol. The summed E-state index contributed by atoms with van der Waals surface area (Å²) in [6.45, 7) is 6.67. The van der Waals surface area contributed by atoms with Crippen molar-refractivity contribution in [3.05, 3.63) is 0 Å². The van der Waals surface area contributed by atoms with Crippen molar-refractivity contribution in [2.75, 3.05) is 0 Å². The van der Waals surface area contributed by atoms with E-state index in [9.17, 15) is 18.3 Å². The van der Waals surface area contributed by atoms with E-state index in [1.807, 2.05) is 0 Å². The van der Waals surface area contributed by atoms with Crippen molar-refractivity contribution in [1.29, 1.82) is 0 Å². The summed E-state index contributed by atoms with van der Waals surface area (Å²) < 4.78 is 35.4. The summed E-state index contributed by atoms with van der Waals surface area (Å²) in [5.41, 5.74) is -2.64. The second-order valence-electron chi connectivity index (χ2n) is 5.22. The zero-order valence-corrected chi connectivity index (χ0v) is 11.1. The maximum atomic E-state index is 11.7. The summed E-state index contributed by atoms with van der Waals surface area (Å²) in [5, 5.41) is 9.47. The van der Waals surface area contributed by atoms with Gasteiger partial charge >= 0.3 is 35.5 Å². The summed E-state index contributed by atoms with van der Waals surface area (Å²) in [4.78, 5) is 11.7. The van der Waals surface area contributed by atoms with Crippen LogP contribution in [0.15, 0.2) is 0 Å². The summed E-state index contributed by atoms with van der Waals surface area (Å²) in [6.07, 6.45) is -0.303. The zero-order valence-electron chi connectivity index (χ0n) is 10.2. The number of hydrogen-bond acceptors (Lipinski definition) is 5. The molecule has 8 heteroatoms. The maximum absolute atomic E-state index is 11.7. The Kier molecular flexibility index (Phi) is 5.87. The summed E-state index contributed by atoms with van der Waals surface area (Å²) >= 11 is 0. The second-order valence-corrected chi connectivity index (χ2v) is 6.73. The van der Waals surface area contributed by atoms with Crippen LogP contribution in [0.1, 0.15) is 27.7 Å². The molecule has 0 radical (unpaired) electrons. The Morgan fingerprint density at radius 3 is 2.11 bits per heavy atom. The number of carbonyl (C=O) groups excluding carboxylic acids is 1. The predicted octanol–water partition coefficient (Wildman–Crippen LogP) is -0.232. The number of carbonyl (C=O) groups is 1. The minimum atomic E-state index is -4.56. The third-order valence-electron chi connectivity index (χ3n) is 3.13. The first kappa shape index (κ1) is 18.3. The second kappa shape index (κ2) is 5.76. The Bertz CT molecular complexity index is 416. The fraction of sp³-hybridized carbons (Fsp3) is 0.900. The van der Waals surface area contributed by atoms with Crippen molar-refractivity contribution in [1.82, 2.24) is 0 Å².